The Labute approximate surface area is 217 Å². The number of benzene rings is 1. The summed E-state index contributed by atoms with van der Waals surface area (Å²) in [5.74, 6) is -1.11. The van der Waals surface area contributed by atoms with Crippen LogP contribution in [0.2, 0.25) is 0 Å². The van der Waals surface area contributed by atoms with E-state index in [0.717, 1.165) is 29.9 Å². The SMILES string of the molecule is Cc1cc(-c2nnc(-c3ccc(I)cc3N3CCC4(CC3)CC4)o2)nc(N2CCC(F)(F)CC2)c1. The number of aryl methyl sites for hydroxylation is 1. The van der Waals surface area contributed by atoms with Crippen molar-refractivity contribution in [1.29, 1.82) is 0 Å². The second-order valence-electron chi connectivity index (χ2n) is 10.3. The van der Waals surface area contributed by atoms with E-state index in [4.69, 9.17) is 9.40 Å². The molecule has 6 nitrogen and oxygen atoms in total. The highest BCUT2D eigenvalue weighted by Crippen LogP contribution is 2.54. The van der Waals surface area contributed by atoms with Crippen molar-refractivity contribution in [2.75, 3.05) is 36.0 Å². The lowest BCUT2D eigenvalue weighted by molar-refractivity contribution is -0.0221. The van der Waals surface area contributed by atoms with E-state index in [1.807, 2.05) is 24.0 Å². The Kier molecular flexibility index (Phi) is 5.73. The first-order valence-electron chi connectivity index (χ1n) is 12.3. The fraction of sp³-hybridized carbons (Fsp3) is 0.500. The molecule has 1 spiro atoms. The maximum atomic E-state index is 13.6. The van der Waals surface area contributed by atoms with Crippen molar-refractivity contribution in [3.05, 3.63) is 39.5 Å². The Morgan fingerprint density at radius 2 is 1.54 bits per heavy atom. The lowest BCUT2D eigenvalue weighted by atomic mass is 9.93. The van der Waals surface area contributed by atoms with Gasteiger partial charge in [-0.25, -0.2) is 13.8 Å². The second-order valence-corrected chi connectivity index (χ2v) is 11.5. The highest BCUT2D eigenvalue weighted by Gasteiger charge is 2.44. The van der Waals surface area contributed by atoms with Crippen LogP contribution >= 0.6 is 22.6 Å². The molecule has 1 aromatic carbocycles. The maximum Gasteiger partial charge on any atom is 0.266 e. The zero-order valence-corrected chi connectivity index (χ0v) is 21.9. The van der Waals surface area contributed by atoms with Crippen LogP contribution in [0.25, 0.3) is 23.0 Å². The molecule has 3 fully saturated rings. The first-order valence-corrected chi connectivity index (χ1v) is 13.4. The number of halogens is 3. The van der Waals surface area contributed by atoms with Crippen molar-refractivity contribution in [3.63, 3.8) is 0 Å². The van der Waals surface area contributed by atoms with Crippen molar-refractivity contribution in [3.8, 4) is 23.0 Å². The van der Waals surface area contributed by atoms with E-state index in [9.17, 15) is 8.78 Å². The smallest absolute Gasteiger partial charge is 0.266 e. The number of pyridine rings is 1. The quantitative estimate of drug-likeness (QED) is 0.331. The van der Waals surface area contributed by atoms with Gasteiger partial charge in [0.15, 0.2) is 0 Å². The van der Waals surface area contributed by atoms with Crippen molar-refractivity contribution >= 4 is 34.1 Å². The summed E-state index contributed by atoms with van der Waals surface area (Å²) in [7, 11) is 0. The van der Waals surface area contributed by atoms with Gasteiger partial charge in [0.05, 0.1) is 11.3 Å². The molecule has 6 rings (SSSR count). The molecule has 0 N–H and O–H groups in total. The zero-order chi connectivity index (χ0) is 24.2. The van der Waals surface area contributed by atoms with Gasteiger partial charge in [-0.3, -0.25) is 0 Å². The molecule has 4 heterocycles. The molecular formula is C26H28F2IN5O. The molecule has 2 saturated heterocycles. The summed E-state index contributed by atoms with van der Waals surface area (Å²) < 4.78 is 34.6. The molecule has 3 aromatic rings. The number of nitrogens with zero attached hydrogens (tertiary/aromatic N) is 5. The highest BCUT2D eigenvalue weighted by molar-refractivity contribution is 14.1. The normalized spacial score (nSPS) is 20.9. The number of hydrogen-bond donors (Lipinski definition) is 0. The summed E-state index contributed by atoms with van der Waals surface area (Å²) in [5, 5.41) is 8.70. The highest BCUT2D eigenvalue weighted by atomic mass is 127. The average molecular weight is 591 g/mol. The summed E-state index contributed by atoms with van der Waals surface area (Å²) in [5.41, 5.74) is 4.21. The number of aromatic nitrogens is 3. The van der Waals surface area contributed by atoms with Crippen LogP contribution in [0.3, 0.4) is 0 Å². The molecule has 35 heavy (non-hydrogen) atoms. The predicted molar refractivity (Wildman–Crippen MR) is 140 cm³/mol. The van der Waals surface area contributed by atoms with Gasteiger partial charge in [-0.2, -0.15) is 0 Å². The van der Waals surface area contributed by atoms with Gasteiger partial charge < -0.3 is 14.2 Å². The van der Waals surface area contributed by atoms with Crippen LogP contribution in [-0.2, 0) is 0 Å². The van der Waals surface area contributed by atoms with E-state index >= 15 is 0 Å². The van der Waals surface area contributed by atoms with Gasteiger partial charge in [-0.05, 0) is 96.5 Å². The van der Waals surface area contributed by atoms with Crippen molar-refractivity contribution in [2.24, 2.45) is 5.41 Å². The maximum absolute atomic E-state index is 13.6. The first kappa shape index (κ1) is 23.1. The second kappa shape index (κ2) is 8.67. The summed E-state index contributed by atoms with van der Waals surface area (Å²) >= 11 is 2.35. The fourth-order valence-corrected chi connectivity index (χ4v) is 5.74. The molecule has 184 valence electrons. The number of anilines is 2. The van der Waals surface area contributed by atoms with E-state index in [1.165, 1.54) is 29.3 Å². The first-order chi connectivity index (χ1) is 16.8. The van der Waals surface area contributed by atoms with Crippen molar-refractivity contribution < 1.29 is 13.2 Å². The van der Waals surface area contributed by atoms with E-state index in [2.05, 4.69) is 55.9 Å². The monoisotopic (exact) mass is 591 g/mol. The molecule has 2 aromatic heterocycles. The van der Waals surface area contributed by atoms with Gasteiger partial charge in [-0.1, -0.05) is 0 Å². The van der Waals surface area contributed by atoms with Gasteiger partial charge in [-0.15, -0.1) is 10.2 Å². The minimum Gasteiger partial charge on any atom is -0.415 e. The molecular weight excluding hydrogens is 563 g/mol. The number of alkyl halides is 2. The standard InChI is InChI=1S/C26H28F2IN5O/c1-17-14-20(30-22(15-17)34-12-8-26(27,28)9-13-34)24-32-31-23(35-24)19-3-2-18(29)16-21(19)33-10-6-25(4-5-25)7-11-33/h2-3,14-16H,4-13H2,1H3. The molecule has 0 atom stereocenters. The van der Waals surface area contributed by atoms with Gasteiger partial charge in [0, 0.05) is 42.6 Å². The Balaban J connectivity index is 1.28. The third-order valence-electron chi connectivity index (χ3n) is 7.73. The fourth-order valence-electron chi connectivity index (χ4n) is 5.27. The van der Waals surface area contributed by atoms with Crippen LogP contribution in [0.4, 0.5) is 20.3 Å². The minimum absolute atomic E-state index is 0.157. The van der Waals surface area contributed by atoms with Crippen LogP contribution in [0, 0.1) is 15.9 Å². The average Bonchev–Trinajstić information content (AvgIpc) is 3.39. The molecule has 0 unspecified atom stereocenters. The Morgan fingerprint density at radius 3 is 2.26 bits per heavy atom. The third-order valence-corrected chi connectivity index (χ3v) is 8.40. The van der Waals surface area contributed by atoms with Crippen LogP contribution < -0.4 is 9.80 Å². The topological polar surface area (TPSA) is 58.3 Å². The van der Waals surface area contributed by atoms with Crippen LogP contribution in [0.1, 0.15) is 44.1 Å². The van der Waals surface area contributed by atoms with Crippen LogP contribution in [-0.4, -0.2) is 47.3 Å². The number of piperidine rings is 2. The summed E-state index contributed by atoms with van der Waals surface area (Å²) in [6.45, 7) is 4.62. The van der Waals surface area contributed by atoms with E-state index in [1.54, 1.807) is 0 Å². The van der Waals surface area contributed by atoms with Gasteiger partial charge in [0.25, 0.3) is 11.8 Å². The summed E-state index contributed by atoms with van der Waals surface area (Å²) in [6.07, 6.45) is 4.92. The van der Waals surface area contributed by atoms with E-state index in [-0.39, 0.29) is 25.9 Å². The lowest BCUT2D eigenvalue weighted by Crippen LogP contribution is -2.39. The van der Waals surface area contributed by atoms with Crippen molar-refractivity contribution in [2.45, 2.75) is 51.4 Å². The molecule has 9 heteroatoms. The minimum atomic E-state index is -2.59. The predicted octanol–water partition coefficient (Wildman–Crippen LogP) is 6.33. The van der Waals surface area contributed by atoms with Crippen LogP contribution in [0.5, 0.6) is 0 Å². The van der Waals surface area contributed by atoms with Gasteiger partial charge in [0.2, 0.25) is 5.89 Å². The summed E-state index contributed by atoms with van der Waals surface area (Å²) in [4.78, 5) is 9.06. The Bertz CT molecular complexity index is 1240. The Hall–Kier alpha value is -2.30. The number of rotatable bonds is 4. The van der Waals surface area contributed by atoms with Crippen molar-refractivity contribution in [1.82, 2.24) is 15.2 Å². The molecule has 3 aliphatic rings. The number of hydrogen-bond acceptors (Lipinski definition) is 6. The molecule has 2 aliphatic heterocycles. The molecule has 1 saturated carbocycles. The van der Waals surface area contributed by atoms with Crippen LogP contribution in [0.15, 0.2) is 34.7 Å². The zero-order valence-electron chi connectivity index (χ0n) is 19.7. The molecule has 0 bridgehead atoms. The van der Waals surface area contributed by atoms with E-state index in [0.29, 0.717) is 28.7 Å². The summed E-state index contributed by atoms with van der Waals surface area (Å²) in [6, 6.07) is 10.1. The third kappa shape index (κ3) is 4.75. The molecule has 0 amide bonds. The lowest BCUT2D eigenvalue weighted by Gasteiger charge is -2.34. The van der Waals surface area contributed by atoms with E-state index < -0.39 is 5.92 Å². The molecule has 0 radical (unpaired) electrons. The Morgan fingerprint density at radius 1 is 0.857 bits per heavy atom. The van der Waals surface area contributed by atoms with Gasteiger partial charge >= 0.3 is 0 Å². The largest absolute Gasteiger partial charge is 0.415 e. The molecule has 1 aliphatic carbocycles. The van der Waals surface area contributed by atoms with Gasteiger partial charge in [0.1, 0.15) is 11.5 Å².